The van der Waals surface area contributed by atoms with Crippen molar-refractivity contribution in [3.05, 3.63) is 60.2 Å². The number of hydrogen-bond acceptors (Lipinski definition) is 3. The van der Waals surface area contributed by atoms with Crippen molar-refractivity contribution in [3.8, 4) is 11.4 Å². The number of fused-ring (bicyclic) bond motifs is 1. The molecule has 0 spiro atoms. The maximum atomic E-state index is 13.3. The van der Waals surface area contributed by atoms with E-state index in [1.54, 1.807) is 41.1 Å². The minimum Gasteiger partial charge on any atom is -0.465 e. The molecule has 2 aromatic heterocycles. The summed E-state index contributed by atoms with van der Waals surface area (Å²) >= 11 is 0. The van der Waals surface area contributed by atoms with Crippen LogP contribution in [0.4, 0.5) is 4.39 Å². The number of nitrogens with zero attached hydrogens (tertiary/aromatic N) is 2. The van der Waals surface area contributed by atoms with Crippen LogP contribution in [-0.2, 0) is 4.74 Å². The van der Waals surface area contributed by atoms with Gasteiger partial charge in [0.15, 0.2) is 0 Å². The number of hydrogen-bond donors (Lipinski definition) is 0. The van der Waals surface area contributed by atoms with Crippen molar-refractivity contribution in [1.29, 1.82) is 0 Å². The van der Waals surface area contributed by atoms with E-state index in [9.17, 15) is 9.18 Å². The van der Waals surface area contributed by atoms with Gasteiger partial charge in [-0.25, -0.2) is 14.2 Å². The number of halogens is 1. The predicted octanol–water partition coefficient (Wildman–Crippen LogP) is 2.93. The number of pyridine rings is 1. The Bertz CT molecular complexity index is 795. The first-order valence-corrected chi connectivity index (χ1v) is 6.00. The summed E-state index contributed by atoms with van der Waals surface area (Å²) < 4.78 is 19.7. The molecule has 20 heavy (non-hydrogen) atoms. The molecule has 0 aliphatic heterocycles. The molecule has 0 atom stereocenters. The van der Waals surface area contributed by atoms with Crippen molar-refractivity contribution in [3.63, 3.8) is 0 Å². The smallest absolute Gasteiger partial charge is 0.337 e. The lowest BCUT2D eigenvalue weighted by atomic mass is 10.2. The van der Waals surface area contributed by atoms with Gasteiger partial charge in [0.05, 0.1) is 24.4 Å². The van der Waals surface area contributed by atoms with Crippen LogP contribution in [0.5, 0.6) is 0 Å². The van der Waals surface area contributed by atoms with E-state index < -0.39 is 5.97 Å². The quantitative estimate of drug-likeness (QED) is 0.672. The van der Waals surface area contributed by atoms with Gasteiger partial charge in [-0.05, 0) is 24.3 Å². The Balaban J connectivity index is 2.13. The predicted molar refractivity (Wildman–Crippen MR) is 71.9 cm³/mol. The molecule has 3 aromatic rings. The van der Waals surface area contributed by atoms with Gasteiger partial charge in [-0.1, -0.05) is 12.1 Å². The van der Waals surface area contributed by atoms with Crippen molar-refractivity contribution in [1.82, 2.24) is 9.38 Å². The van der Waals surface area contributed by atoms with Crippen LogP contribution in [0.15, 0.2) is 48.8 Å². The second kappa shape index (κ2) is 4.77. The molecule has 5 heteroatoms. The molecule has 3 rings (SSSR count). The Morgan fingerprint density at radius 2 is 2.15 bits per heavy atom. The molecule has 0 saturated carbocycles. The zero-order chi connectivity index (χ0) is 14.1. The highest BCUT2D eigenvalue weighted by Gasteiger charge is 2.10. The van der Waals surface area contributed by atoms with Gasteiger partial charge in [-0.2, -0.15) is 0 Å². The van der Waals surface area contributed by atoms with E-state index in [2.05, 4.69) is 9.72 Å². The minimum atomic E-state index is -0.402. The van der Waals surface area contributed by atoms with Gasteiger partial charge in [0.1, 0.15) is 11.6 Å². The highest BCUT2D eigenvalue weighted by atomic mass is 19.1. The van der Waals surface area contributed by atoms with Crippen LogP contribution in [0.2, 0.25) is 0 Å². The lowest BCUT2D eigenvalue weighted by molar-refractivity contribution is 0.0600. The number of aromatic nitrogens is 2. The monoisotopic (exact) mass is 270 g/mol. The molecule has 0 saturated heterocycles. The minimum absolute atomic E-state index is 0.314. The number of imidazole rings is 1. The number of benzene rings is 1. The number of ether oxygens (including phenoxy) is 1. The molecule has 0 aliphatic rings. The van der Waals surface area contributed by atoms with Gasteiger partial charge in [0.2, 0.25) is 0 Å². The third-order valence-corrected chi connectivity index (χ3v) is 3.04. The van der Waals surface area contributed by atoms with Crippen molar-refractivity contribution in [2.45, 2.75) is 0 Å². The Morgan fingerprint density at radius 1 is 1.30 bits per heavy atom. The van der Waals surface area contributed by atoms with Crippen molar-refractivity contribution < 1.29 is 13.9 Å². The van der Waals surface area contributed by atoms with E-state index in [1.807, 2.05) is 0 Å². The van der Waals surface area contributed by atoms with E-state index in [4.69, 9.17) is 0 Å². The number of rotatable bonds is 2. The molecule has 0 bridgehead atoms. The average Bonchev–Trinajstić information content (AvgIpc) is 2.89. The number of methoxy groups -OCH3 is 1. The first-order chi connectivity index (χ1) is 9.69. The Kier molecular flexibility index (Phi) is 2.95. The summed E-state index contributed by atoms with van der Waals surface area (Å²) in [5.41, 5.74) is 1.87. The zero-order valence-electron chi connectivity index (χ0n) is 10.7. The molecule has 1 aromatic carbocycles. The summed E-state index contributed by atoms with van der Waals surface area (Å²) in [5, 5.41) is 0. The van der Waals surface area contributed by atoms with Crippen LogP contribution in [-0.4, -0.2) is 22.5 Å². The Hall–Kier alpha value is -2.69. The van der Waals surface area contributed by atoms with Crippen LogP contribution in [0.3, 0.4) is 0 Å². The maximum Gasteiger partial charge on any atom is 0.337 e. The fraction of sp³-hybridized carbons (Fsp3) is 0.0667. The molecule has 100 valence electrons. The van der Waals surface area contributed by atoms with Gasteiger partial charge >= 0.3 is 5.97 Å². The molecule has 0 fully saturated rings. The van der Waals surface area contributed by atoms with E-state index in [1.165, 1.54) is 19.2 Å². The fourth-order valence-electron chi connectivity index (χ4n) is 2.09. The molecule has 2 heterocycles. The number of carbonyl (C=O) groups excluding carboxylic acids is 1. The van der Waals surface area contributed by atoms with Gasteiger partial charge in [0.25, 0.3) is 0 Å². The highest BCUT2D eigenvalue weighted by Crippen LogP contribution is 2.21. The summed E-state index contributed by atoms with van der Waals surface area (Å²) in [5.74, 6) is -0.0950. The summed E-state index contributed by atoms with van der Waals surface area (Å²) in [6, 6.07) is 9.54. The Morgan fingerprint density at radius 3 is 2.90 bits per heavy atom. The number of carbonyl (C=O) groups is 1. The largest absolute Gasteiger partial charge is 0.465 e. The molecule has 0 radical (unpaired) electrons. The van der Waals surface area contributed by atoms with Crippen molar-refractivity contribution in [2.24, 2.45) is 0 Å². The molecular weight excluding hydrogens is 259 g/mol. The lowest BCUT2D eigenvalue weighted by Gasteiger charge is -2.03. The van der Waals surface area contributed by atoms with Crippen molar-refractivity contribution in [2.75, 3.05) is 7.11 Å². The first-order valence-electron chi connectivity index (χ1n) is 6.00. The van der Waals surface area contributed by atoms with E-state index in [0.29, 0.717) is 17.0 Å². The van der Waals surface area contributed by atoms with Crippen LogP contribution < -0.4 is 0 Å². The maximum absolute atomic E-state index is 13.3. The van der Waals surface area contributed by atoms with Crippen LogP contribution in [0.1, 0.15) is 10.4 Å². The topological polar surface area (TPSA) is 43.6 Å². The molecular formula is C15H11FN2O2. The van der Waals surface area contributed by atoms with E-state index >= 15 is 0 Å². The van der Waals surface area contributed by atoms with Crippen LogP contribution >= 0.6 is 0 Å². The molecule has 0 N–H and O–H groups in total. The van der Waals surface area contributed by atoms with Gasteiger partial charge in [-0.3, -0.25) is 4.40 Å². The normalized spacial score (nSPS) is 10.7. The van der Waals surface area contributed by atoms with Gasteiger partial charge in [0, 0.05) is 11.8 Å². The second-order valence-corrected chi connectivity index (χ2v) is 4.29. The van der Waals surface area contributed by atoms with Crippen LogP contribution in [0.25, 0.3) is 16.9 Å². The first kappa shape index (κ1) is 12.3. The van der Waals surface area contributed by atoms with Gasteiger partial charge in [-0.15, -0.1) is 0 Å². The molecule has 4 nitrogen and oxygen atoms in total. The summed E-state index contributed by atoms with van der Waals surface area (Å²) in [7, 11) is 1.33. The summed E-state index contributed by atoms with van der Waals surface area (Å²) in [6.45, 7) is 0. The van der Waals surface area contributed by atoms with E-state index in [-0.39, 0.29) is 5.82 Å². The Labute approximate surface area is 114 Å². The lowest BCUT2D eigenvalue weighted by Crippen LogP contribution is -2.01. The highest BCUT2D eigenvalue weighted by molar-refractivity contribution is 5.90. The summed E-state index contributed by atoms with van der Waals surface area (Å²) in [4.78, 5) is 15.8. The second-order valence-electron chi connectivity index (χ2n) is 4.29. The van der Waals surface area contributed by atoms with Gasteiger partial charge < -0.3 is 4.74 Å². The third-order valence-electron chi connectivity index (χ3n) is 3.04. The fourth-order valence-corrected chi connectivity index (χ4v) is 2.09. The van der Waals surface area contributed by atoms with Crippen LogP contribution in [0, 0.1) is 5.82 Å². The molecule has 0 amide bonds. The summed E-state index contributed by atoms with van der Waals surface area (Å²) in [6.07, 6.45) is 3.35. The van der Waals surface area contributed by atoms with E-state index in [0.717, 1.165) is 5.52 Å². The standard InChI is InChI=1S/C15H11FN2O2/c1-20-15(19)11-5-6-18-13(8-11)9-17-14(18)10-3-2-4-12(16)7-10/h2-9H,1H3. The zero-order valence-corrected chi connectivity index (χ0v) is 10.7. The third kappa shape index (κ3) is 2.03. The molecule has 0 unspecified atom stereocenters. The molecule has 0 aliphatic carbocycles. The van der Waals surface area contributed by atoms with Crippen molar-refractivity contribution >= 4 is 11.5 Å². The SMILES string of the molecule is COC(=O)c1ccn2c(-c3cccc(F)c3)ncc2c1. The average molecular weight is 270 g/mol. The number of esters is 1.